The van der Waals surface area contributed by atoms with Gasteiger partial charge in [0.15, 0.2) is 0 Å². The highest BCUT2D eigenvalue weighted by Gasteiger charge is 1.98. The number of aromatic nitrogens is 1. The first kappa shape index (κ1) is 13.8. The Balaban J connectivity index is 2.16. The van der Waals surface area contributed by atoms with Gasteiger partial charge in [-0.25, -0.2) is 4.98 Å². The molecular weight excluding hydrogens is 214 g/mol. The Kier molecular flexibility index (Phi) is 5.77. The van der Waals surface area contributed by atoms with Crippen molar-refractivity contribution in [3.8, 4) is 0 Å². The molecule has 0 aliphatic heterocycles. The molecular formula is C13H23N3O. The molecule has 4 nitrogen and oxygen atoms in total. The normalized spacial score (nSPS) is 10.8. The summed E-state index contributed by atoms with van der Waals surface area (Å²) in [6, 6.07) is 1.95. The fourth-order valence-corrected chi connectivity index (χ4v) is 1.34. The zero-order valence-electron chi connectivity index (χ0n) is 11.0. The first-order valence-corrected chi connectivity index (χ1v) is 6.13. The van der Waals surface area contributed by atoms with Crippen molar-refractivity contribution in [3.05, 3.63) is 17.8 Å². The van der Waals surface area contributed by atoms with Gasteiger partial charge in [0.2, 0.25) is 0 Å². The molecule has 0 saturated heterocycles. The fraction of sp³-hybridized carbons (Fsp3) is 0.615. The lowest BCUT2D eigenvalue weighted by Crippen LogP contribution is -2.12. The van der Waals surface area contributed by atoms with E-state index < -0.39 is 0 Å². The minimum Gasteiger partial charge on any atom is -0.397 e. The predicted molar refractivity (Wildman–Crippen MR) is 72.2 cm³/mol. The van der Waals surface area contributed by atoms with Crippen LogP contribution in [0.2, 0.25) is 0 Å². The van der Waals surface area contributed by atoms with E-state index in [1.165, 1.54) is 0 Å². The standard InChI is InChI=1S/C13H23N3O/c1-10(2)4-6-17-7-5-15-13-8-11(3)12(14)9-16-13/h8-10H,4-7,14H2,1-3H3,(H,15,16). The number of pyridine rings is 1. The summed E-state index contributed by atoms with van der Waals surface area (Å²) in [6.45, 7) is 8.67. The summed E-state index contributed by atoms with van der Waals surface area (Å²) in [7, 11) is 0. The molecule has 0 bridgehead atoms. The Labute approximate surface area is 104 Å². The first-order chi connectivity index (χ1) is 8.09. The van der Waals surface area contributed by atoms with Gasteiger partial charge < -0.3 is 15.8 Å². The molecule has 0 aliphatic rings. The van der Waals surface area contributed by atoms with Crippen LogP contribution in [0.15, 0.2) is 12.3 Å². The van der Waals surface area contributed by atoms with Gasteiger partial charge in [-0.1, -0.05) is 13.8 Å². The molecule has 0 unspecified atom stereocenters. The number of nitrogen functional groups attached to an aromatic ring is 1. The molecule has 0 spiro atoms. The Bertz CT molecular complexity index is 339. The second-order valence-electron chi connectivity index (χ2n) is 4.65. The van der Waals surface area contributed by atoms with Crippen LogP contribution < -0.4 is 11.1 Å². The second kappa shape index (κ2) is 7.12. The number of aryl methyl sites for hydroxylation is 1. The van der Waals surface area contributed by atoms with Crippen molar-refractivity contribution in [3.63, 3.8) is 0 Å². The van der Waals surface area contributed by atoms with Crippen LogP contribution in [0.25, 0.3) is 0 Å². The van der Waals surface area contributed by atoms with Gasteiger partial charge in [-0.3, -0.25) is 0 Å². The summed E-state index contributed by atoms with van der Waals surface area (Å²) in [6.07, 6.45) is 2.79. The molecule has 3 N–H and O–H groups in total. The lowest BCUT2D eigenvalue weighted by atomic mass is 10.1. The van der Waals surface area contributed by atoms with Crippen LogP contribution in [-0.2, 0) is 4.74 Å². The number of nitrogens with zero attached hydrogens (tertiary/aromatic N) is 1. The number of ether oxygens (including phenoxy) is 1. The fourth-order valence-electron chi connectivity index (χ4n) is 1.34. The monoisotopic (exact) mass is 237 g/mol. The van der Waals surface area contributed by atoms with Gasteiger partial charge in [0.1, 0.15) is 5.82 Å². The Morgan fingerprint density at radius 1 is 1.41 bits per heavy atom. The minimum absolute atomic E-state index is 0.698. The lowest BCUT2D eigenvalue weighted by Gasteiger charge is -2.09. The van der Waals surface area contributed by atoms with Crippen LogP contribution in [0.4, 0.5) is 11.5 Å². The number of rotatable bonds is 7. The van der Waals surface area contributed by atoms with Crippen molar-refractivity contribution in [2.24, 2.45) is 5.92 Å². The molecule has 0 aromatic carbocycles. The van der Waals surface area contributed by atoms with E-state index in [0.29, 0.717) is 12.5 Å². The van der Waals surface area contributed by atoms with Crippen LogP contribution in [0.1, 0.15) is 25.8 Å². The first-order valence-electron chi connectivity index (χ1n) is 6.13. The molecule has 17 heavy (non-hydrogen) atoms. The highest BCUT2D eigenvalue weighted by atomic mass is 16.5. The highest BCUT2D eigenvalue weighted by molar-refractivity contribution is 5.50. The molecule has 1 heterocycles. The second-order valence-corrected chi connectivity index (χ2v) is 4.65. The third-order valence-corrected chi connectivity index (χ3v) is 2.54. The van der Waals surface area contributed by atoms with E-state index in [4.69, 9.17) is 10.5 Å². The van der Waals surface area contributed by atoms with Crippen molar-refractivity contribution in [1.82, 2.24) is 4.98 Å². The molecule has 1 aromatic rings. The highest BCUT2D eigenvalue weighted by Crippen LogP contribution is 2.12. The van der Waals surface area contributed by atoms with E-state index in [-0.39, 0.29) is 0 Å². The molecule has 1 rings (SSSR count). The lowest BCUT2D eigenvalue weighted by molar-refractivity contribution is 0.132. The molecule has 1 aromatic heterocycles. The Morgan fingerprint density at radius 3 is 2.82 bits per heavy atom. The number of nitrogens with two attached hydrogens (primary N) is 1. The molecule has 0 radical (unpaired) electrons. The summed E-state index contributed by atoms with van der Waals surface area (Å²) in [4.78, 5) is 4.19. The van der Waals surface area contributed by atoms with Gasteiger partial charge >= 0.3 is 0 Å². The Hall–Kier alpha value is -1.29. The summed E-state index contributed by atoms with van der Waals surface area (Å²) in [5.74, 6) is 1.55. The molecule has 96 valence electrons. The van der Waals surface area contributed by atoms with Gasteiger partial charge in [-0.15, -0.1) is 0 Å². The number of nitrogens with one attached hydrogen (secondary N) is 1. The molecule has 0 atom stereocenters. The van der Waals surface area contributed by atoms with E-state index >= 15 is 0 Å². The minimum atomic E-state index is 0.698. The summed E-state index contributed by atoms with van der Waals surface area (Å²) in [5.41, 5.74) is 7.47. The van der Waals surface area contributed by atoms with Crippen molar-refractivity contribution in [2.45, 2.75) is 27.2 Å². The van der Waals surface area contributed by atoms with Crippen molar-refractivity contribution >= 4 is 11.5 Å². The SMILES string of the molecule is Cc1cc(NCCOCCC(C)C)ncc1N. The maximum Gasteiger partial charge on any atom is 0.126 e. The van der Waals surface area contributed by atoms with Gasteiger partial charge in [-0.05, 0) is 30.9 Å². The van der Waals surface area contributed by atoms with Crippen LogP contribution >= 0.6 is 0 Å². The van der Waals surface area contributed by atoms with Gasteiger partial charge in [0.25, 0.3) is 0 Å². The van der Waals surface area contributed by atoms with Crippen LogP contribution in [0, 0.1) is 12.8 Å². The van der Waals surface area contributed by atoms with Crippen LogP contribution in [-0.4, -0.2) is 24.7 Å². The van der Waals surface area contributed by atoms with E-state index in [2.05, 4.69) is 24.1 Å². The molecule has 0 aliphatic carbocycles. The number of anilines is 2. The molecule has 0 saturated carbocycles. The van der Waals surface area contributed by atoms with E-state index in [1.54, 1.807) is 6.20 Å². The van der Waals surface area contributed by atoms with E-state index in [1.807, 2.05) is 13.0 Å². The quantitative estimate of drug-likeness (QED) is 0.715. The van der Waals surface area contributed by atoms with Crippen LogP contribution in [0.5, 0.6) is 0 Å². The third-order valence-electron chi connectivity index (χ3n) is 2.54. The zero-order chi connectivity index (χ0) is 12.7. The van der Waals surface area contributed by atoms with E-state index in [9.17, 15) is 0 Å². The van der Waals surface area contributed by atoms with Gasteiger partial charge in [-0.2, -0.15) is 0 Å². The molecule has 4 heteroatoms. The van der Waals surface area contributed by atoms with Gasteiger partial charge in [0, 0.05) is 13.2 Å². The van der Waals surface area contributed by atoms with Crippen LogP contribution in [0.3, 0.4) is 0 Å². The maximum absolute atomic E-state index is 5.70. The average molecular weight is 237 g/mol. The Morgan fingerprint density at radius 2 is 2.18 bits per heavy atom. The van der Waals surface area contributed by atoms with Gasteiger partial charge in [0.05, 0.1) is 18.5 Å². The largest absolute Gasteiger partial charge is 0.397 e. The van der Waals surface area contributed by atoms with Crippen molar-refractivity contribution < 1.29 is 4.74 Å². The number of hydrogen-bond acceptors (Lipinski definition) is 4. The van der Waals surface area contributed by atoms with E-state index in [0.717, 1.165) is 36.6 Å². The summed E-state index contributed by atoms with van der Waals surface area (Å²) < 4.78 is 5.51. The predicted octanol–water partition coefficient (Wildman–Crippen LogP) is 2.45. The number of hydrogen-bond donors (Lipinski definition) is 2. The maximum atomic E-state index is 5.70. The average Bonchev–Trinajstić information content (AvgIpc) is 2.27. The van der Waals surface area contributed by atoms with Crippen molar-refractivity contribution in [1.29, 1.82) is 0 Å². The van der Waals surface area contributed by atoms with Crippen molar-refractivity contribution in [2.75, 3.05) is 30.8 Å². The third kappa shape index (κ3) is 5.54. The summed E-state index contributed by atoms with van der Waals surface area (Å²) >= 11 is 0. The topological polar surface area (TPSA) is 60.2 Å². The summed E-state index contributed by atoms with van der Waals surface area (Å²) in [5, 5.41) is 3.21. The molecule has 0 amide bonds. The molecule has 0 fully saturated rings. The smallest absolute Gasteiger partial charge is 0.126 e. The zero-order valence-corrected chi connectivity index (χ0v) is 11.0.